The highest BCUT2D eigenvalue weighted by Crippen LogP contribution is 2.29. The summed E-state index contributed by atoms with van der Waals surface area (Å²) in [6.07, 6.45) is 3.62. The van der Waals surface area contributed by atoms with Gasteiger partial charge >= 0.3 is 0 Å². The van der Waals surface area contributed by atoms with E-state index < -0.39 is 0 Å². The fourth-order valence-electron chi connectivity index (χ4n) is 4.11. The van der Waals surface area contributed by atoms with Gasteiger partial charge in [-0.2, -0.15) is 0 Å². The average molecular weight is 347 g/mol. The number of rotatable bonds is 2. The molecule has 0 saturated heterocycles. The Bertz CT molecular complexity index is 1080. The lowest BCUT2D eigenvalue weighted by Crippen LogP contribution is -2.38. The molecule has 0 bridgehead atoms. The summed E-state index contributed by atoms with van der Waals surface area (Å²) in [5.41, 5.74) is 5.02. The Balaban J connectivity index is 1.73. The predicted molar refractivity (Wildman–Crippen MR) is 102 cm³/mol. The quantitative estimate of drug-likeness (QED) is 0.711. The summed E-state index contributed by atoms with van der Waals surface area (Å²) in [5, 5.41) is 0. The van der Waals surface area contributed by atoms with Crippen LogP contribution in [0.2, 0.25) is 0 Å². The highest BCUT2D eigenvalue weighted by Gasteiger charge is 2.30. The van der Waals surface area contributed by atoms with Crippen LogP contribution in [0.25, 0.3) is 11.0 Å². The monoisotopic (exact) mass is 347 g/mol. The summed E-state index contributed by atoms with van der Waals surface area (Å²) < 4.78 is 3.88. The van der Waals surface area contributed by atoms with Crippen molar-refractivity contribution in [1.82, 2.24) is 19.0 Å². The van der Waals surface area contributed by atoms with E-state index in [0.717, 1.165) is 60.6 Å². The first-order valence-electron chi connectivity index (χ1n) is 9.14. The summed E-state index contributed by atoms with van der Waals surface area (Å²) in [4.78, 5) is 25.0. The van der Waals surface area contributed by atoms with Gasteiger partial charge in [0.15, 0.2) is 0 Å². The first kappa shape index (κ1) is 15.4. The van der Waals surface area contributed by atoms with Gasteiger partial charge in [-0.3, -0.25) is 14.4 Å². The zero-order valence-electron chi connectivity index (χ0n) is 14.9. The van der Waals surface area contributed by atoms with Crippen molar-refractivity contribution >= 4 is 16.9 Å². The topological polar surface area (TPSA) is 55.4 Å². The molecule has 3 aromatic rings. The van der Waals surface area contributed by atoms with Gasteiger partial charge in [-0.15, -0.1) is 0 Å². The molecule has 2 aliphatic heterocycles. The van der Waals surface area contributed by atoms with Crippen molar-refractivity contribution in [1.29, 1.82) is 0 Å². The first-order chi connectivity index (χ1) is 12.7. The molecule has 6 nitrogen and oxygen atoms in total. The fourth-order valence-corrected chi connectivity index (χ4v) is 4.11. The van der Waals surface area contributed by atoms with E-state index in [-0.39, 0.29) is 5.56 Å². The minimum atomic E-state index is 0.0378. The molecule has 2 aromatic heterocycles. The van der Waals surface area contributed by atoms with Gasteiger partial charge in [-0.25, -0.2) is 4.98 Å². The zero-order valence-corrected chi connectivity index (χ0v) is 14.9. The van der Waals surface area contributed by atoms with Crippen molar-refractivity contribution in [2.75, 3.05) is 20.1 Å². The number of hydrogen-bond acceptors (Lipinski definition) is 4. The van der Waals surface area contributed by atoms with Gasteiger partial charge in [-0.05, 0) is 18.4 Å². The normalized spacial score (nSPS) is 16.3. The molecule has 5 rings (SSSR count). The second kappa shape index (κ2) is 5.83. The Morgan fingerprint density at radius 2 is 2.00 bits per heavy atom. The molecule has 0 amide bonds. The van der Waals surface area contributed by atoms with E-state index in [1.165, 1.54) is 5.56 Å². The average Bonchev–Trinajstić information content (AvgIpc) is 2.82. The summed E-state index contributed by atoms with van der Waals surface area (Å²) in [7, 11) is 2.08. The molecule has 1 aromatic carbocycles. The van der Waals surface area contributed by atoms with Crippen molar-refractivity contribution in [3.05, 3.63) is 63.8 Å². The van der Waals surface area contributed by atoms with Gasteiger partial charge in [0.1, 0.15) is 11.4 Å². The minimum absolute atomic E-state index is 0.0378. The molecule has 0 saturated carbocycles. The largest absolute Gasteiger partial charge is 0.356 e. The maximum absolute atomic E-state index is 13.3. The third kappa shape index (κ3) is 2.21. The molecule has 0 radical (unpaired) electrons. The third-order valence-electron chi connectivity index (χ3n) is 5.40. The van der Waals surface area contributed by atoms with Crippen LogP contribution in [0.4, 0.5) is 0 Å². The van der Waals surface area contributed by atoms with Crippen LogP contribution in [0.5, 0.6) is 0 Å². The van der Waals surface area contributed by atoms with Gasteiger partial charge in [0, 0.05) is 32.2 Å². The molecule has 0 atom stereocenters. The van der Waals surface area contributed by atoms with Crippen LogP contribution in [0.1, 0.15) is 23.2 Å². The number of fused-ring (bicyclic) bond motifs is 3. The number of amidine groups is 1. The summed E-state index contributed by atoms with van der Waals surface area (Å²) in [6.45, 7) is 3.04. The van der Waals surface area contributed by atoms with Crippen LogP contribution in [-0.4, -0.2) is 45.0 Å². The smallest absolute Gasteiger partial charge is 0.278 e. The lowest BCUT2D eigenvalue weighted by molar-refractivity contribution is 0.438. The standard InChI is InChI=1S/C20H21N5O/c1-23-10-11-25-17-15(8-5-9-21-19(17)23)16-18(25)20(26)24(13-22-16)12-14-6-3-2-4-7-14/h2-4,6-7,13H,5,8-12H2,1H3. The van der Waals surface area contributed by atoms with Crippen molar-refractivity contribution in [3.8, 4) is 0 Å². The van der Waals surface area contributed by atoms with Crippen LogP contribution in [0, 0.1) is 0 Å². The van der Waals surface area contributed by atoms with Gasteiger partial charge in [0.25, 0.3) is 5.56 Å². The van der Waals surface area contributed by atoms with E-state index in [1.807, 2.05) is 30.3 Å². The van der Waals surface area contributed by atoms with E-state index in [2.05, 4.69) is 16.5 Å². The maximum Gasteiger partial charge on any atom is 0.278 e. The highest BCUT2D eigenvalue weighted by molar-refractivity contribution is 6.04. The number of likely N-dealkylation sites (N-methyl/N-ethyl adjacent to an activating group) is 1. The molecule has 0 spiro atoms. The molecule has 0 unspecified atom stereocenters. The van der Waals surface area contributed by atoms with E-state index in [0.29, 0.717) is 6.54 Å². The predicted octanol–water partition coefficient (Wildman–Crippen LogP) is 1.88. The summed E-state index contributed by atoms with van der Waals surface area (Å²) in [5.74, 6) is 1.01. The number of aromatic nitrogens is 3. The van der Waals surface area contributed by atoms with Crippen molar-refractivity contribution < 1.29 is 0 Å². The van der Waals surface area contributed by atoms with Crippen LogP contribution in [0.15, 0.2) is 46.4 Å². The Morgan fingerprint density at radius 1 is 1.15 bits per heavy atom. The minimum Gasteiger partial charge on any atom is -0.356 e. The lowest BCUT2D eigenvalue weighted by atomic mass is 10.1. The summed E-state index contributed by atoms with van der Waals surface area (Å²) in [6, 6.07) is 10.0. The van der Waals surface area contributed by atoms with Crippen molar-refractivity contribution in [3.63, 3.8) is 0 Å². The highest BCUT2D eigenvalue weighted by atomic mass is 16.1. The van der Waals surface area contributed by atoms with Crippen LogP contribution >= 0.6 is 0 Å². The van der Waals surface area contributed by atoms with Crippen molar-refractivity contribution in [2.45, 2.75) is 25.9 Å². The van der Waals surface area contributed by atoms with Crippen molar-refractivity contribution in [2.24, 2.45) is 4.99 Å². The fraction of sp³-hybridized carbons (Fsp3) is 0.350. The van der Waals surface area contributed by atoms with Crippen LogP contribution < -0.4 is 5.56 Å². The van der Waals surface area contributed by atoms with E-state index in [4.69, 9.17) is 9.98 Å². The Morgan fingerprint density at radius 3 is 2.85 bits per heavy atom. The molecule has 2 aliphatic rings. The van der Waals surface area contributed by atoms with E-state index in [1.54, 1.807) is 10.9 Å². The molecule has 4 heterocycles. The van der Waals surface area contributed by atoms with E-state index in [9.17, 15) is 4.79 Å². The zero-order chi connectivity index (χ0) is 17.7. The summed E-state index contributed by atoms with van der Waals surface area (Å²) >= 11 is 0. The molecule has 0 N–H and O–H groups in total. The Labute approximate surface area is 151 Å². The third-order valence-corrected chi connectivity index (χ3v) is 5.40. The molecular weight excluding hydrogens is 326 g/mol. The second-order valence-corrected chi connectivity index (χ2v) is 7.07. The second-order valence-electron chi connectivity index (χ2n) is 7.07. The number of nitrogens with zero attached hydrogens (tertiary/aromatic N) is 5. The molecule has 132 valence electrons. The molecule has 6 heteroatoms. The molecule has 26 heavy (non-hydrogen) atoms. The number of aryl methyl sites for hydroxylation is 1. The lowest BCUT2D eigenvalue weighted by Gasteiger charge is -2.28. The Hall–Kier alpha value is -2.89. The molecule has 0 aliphatic carbocycles. The first-order valence-corrected chi connectivity index (χ1v) is 9.14. The molecular formula is C20H21N5O. The Kier molecular flexibility index (Phi) is 3.45. The van der Waals surface area contributed by atoms with Crippen LogP contribution in [0.3, 0.4) is 0 Å². The number of aliphatic imine (C=N–C) groups is 1. The SMILES string of the molecule is CN1CCn2c3c(c4ncn(Cc5ccccc5)c(=O)c42)CCCN=C31. The number of hydrogen-bond donors (Lipinski definition) is 0. The van der Waals surface area contributed by atoms with Crippen LogP contribution in [-0.2, 0) is 19.5 Å². The van der Waals surface area contributed by atoms with Gasteiger partial charge < -0.3 is 9.47 Å². The maximum atomic E-state index is 13.3. The number of benzene rings is 1. The van der Waals surface area contributed by atoms with Gasteiger partial charge in [0.05, 0.1) is 24.1 Å². The van der Waals surface area contributed by atoms with Gasteiger partial charge in [-0.1, -0.05) is 30.3 Å². The van der Waals surface area contributed by atoms with Gasteiger partial charge in [0.2, 0.25) is 0 Å². The molecule has 0 fully saturated rings. The van der Waals surface area contributed by atoms with E-state index >= 15 is 0 Å².